The van der Waals surface area contributed by atoms with Crippen LogP contribution in [0.25, 0.3) is 0 Å². The summed E-state index contributed by atoms with van der Waals surface area (Å²) in [7, 11) is 1.26. The number of nitrogens with zero attached hydrogens (tertiary/aromatic N) is 3. The number of carbonyl (C=O) groups excluding carboxylic acids is 3. The first-order chi connectivity index (χ1) is 11.1. The van der Waals surface area contributed by atoms with Gasteiger partial charge in [0.2, 0.25) is 0 Å². The molecule has 1 aliphatic rings. The molecule has 0 saturated carbocycles. The molecule has 8 nitrogen and oxygen atoms in total. The Hall–Kier alpha value is -2.90. The number of aromatic nitrogens is 1. The summed E-state index contributed by atoms with van der Waals surface area (Å²) in [5, 5.41) is 2.52. The summed E-state index contributed by atoms with van der Waals surface area (Å²) >= 11 is 0. The molecule has 2 heterocycles. The van der Waals surface area contributed by atoms with E-state index in [9.17, 15) is 14.4 Å². The van der Waals surface area contributed by atoms with Crippen molar-refractivity contribution in [3.63, 3.8) is 0 Å². The molecular formula is C15H17N3O5. The summed E-state index contributed by atoms with van der Waals surface area (Å²) in [5.41, 5.74) is 0.369. The smallest absolute Gasteiger partial charge is 0.429 e. The number of ether oxygens (including phenoxy) is 2. The second-order valence-corrected chi connectivity index (χ2v) is 4.69. The van der Waals surface area contributed by atoms with Gasteiger partial charge in [-0.1, -0.05) is 12.7 Å². The van der Waals surface area contributed by atoms with E-state index in [4.69, 9.17) is 4.74 Å². The van der Waals surface area contributed by atoms with Crippen molar-refractivity contribution in [3.8, 4) is 0 Å². The molecule has 0 aliphatic carbocycles. The van der Waals surface area contributed by atoms with Gasteiger partial charge in [0.15, 0.2) is 0 Å². The Kier molecular flexibility index (Phi) is 5.29. The molecule has 0 aromatic carbocycles. The molecule has 1 aromatic rings. The third kappa shape index (κ3) is 3.65. The van der Waals surface area contributed by atoms with Crippen molar-refractivity contribution in [3.05, 3.63) is 42.2 Å². The van der Waals surface area contributed by atoms with Crippen LogP contribution >= 0.6 is 0 Å². The third-order valence-electron chi connectivity index (χ3n) is 3.20. The van der Waals surface area contributed by atoms with Gasteiger partial charge in [0, 0.05) is 19.3 Å². The van der Waals surface area contributed by atoms with Crippen LogP contribution in [0.4, 0.5) is 4.79 Å². The largest absolute Gasteiger partial charge is 0.465 e. The van der Waals surface area contributed by atoms with E-state index in [1.807, 2.05) is 0 Å². The predicted octanol–water partition coefficient (Wildman–Crippen LogP) is 1.25. The monoisotopic (exact) mass is 319 g/mol. The quantitative estimate of drug-likeness (QED) is 0.613. The van der Waals surface area contributed by atoms with E-state index >= 15 is 0 Å². The fourth-order valence-electron chi connectivity index (χ4n) is 2.11. The van der Waals surface area contributed by atoms with Gasteiger partial charge in [0.1, 0.15) is 12.3 Å². The molecule has 8 heteroatoms. The first-order valence-corrected chi connectivity index (χ1v) is 6.99. The van der Waals surface area contributed by atoms with Crippen molar-refractivity contribution >= 4 is 18.0 Å². The average Bonchev–Trinajstić information content (AvgIpc) is 3.08. The number of pyridine rings is 1. The fraction of sp³-hybridized carbons (Fsp3) is 0.333. The maximum atomic E-state index is 12.5. The van der Waals surface area contributed by atoms with Gasteiger partial charge in [-0.2, -0.15) is 0 Å². The lowest BCUT2D eigenvalue weighted by Gasteiger charge is -2.26. The first-order valence-electron chi connectivity index (χ1n) is 6.99. The number of hydrogen-bond donors (Lipinski definition) is 0. The molecular weight excluding hydrogens is 302 g/mol. The molecule has 2 rings (SSSR count). The van der Waals surface area contributed by atoms with Crippen molar-refractivity contribution in [2.45, 2.75) is 6.42 Å². The summed E-state index contributed by atoms with van der Waals surface area (Å²) < 4.78 is 9.52. The van der Waals surface area contributed by atoms with Gasteiger partial charge < -0.3 is 9.47 Å². The van der Waals surface area contributed by atoms with E-state index in [0.717, 1.165) is 0 Å². The zero-order chi connectivity index (χ0) is 16.8. The van der Waals surface area contributed by atoms with E-state index in [-0.39, 0.29) is 17.9 Å². The Labute approximate surface area is 133 Å². The highest BCUT2D eigenvalue weighted by molar-refractivity contribution is 5.95. The molecule has 2 amide bonds. The molecule has 0 radical (unpaired) electrons. The normalized spacial score (nSPS) is 13.6. The highest BCUT2D eigenvalue weighted by Crippen LogP contribution is 2.15. The van der Waals surface area contributed by atoms with E-state index in [2.05, 4.69) is 16.3 Å². The summed E-state index contributed by atoms with van der Waals surface area (Å²) in [6.45, 7) is 4.32. The van der Waals surface area contributed by atoms with Gasteiger partial charge in [-0.3, -0.25) is 9.78 Å². The second kappa shape index (κ2) is 7.39. The van der Waals surface area contributed by atoms with E-state index in [1.54, 1.807) is 0 Å². The third-order valence-corrected chi connectivity index (χ3v) is 3.20. The highest BCUT2D eigenvalue weighted by atomic mass is 16.6. The maximum Gasteiger partial charge on any atom is 0.429 e. The zero-order valence-corrected chi connectivity index (χ0v) is 12.7. The predicted molar refractivity (Wildman–Crippen MR) is 79.5 cm³/mol. The van der Waals surface area contributed by atoms with Crippen LogP contribution in [-0.2, 0) is 9.47 Å². The summed E-state index contributed by atoms with van der Waals surface area (Å²) in [5.74, 6) is -0.971. The van der Waals surface area contributed by atoms with Crippen LogP contribution in [0.2, 0.25) is 0 Å². The van der Waals surface area contributed by atoms with Gasteiger partial charge in [0.25, 0.3) is 5.91 Å². The minimum atomic E-state index is -0.609. The molecule has 0 atom stereocenters. The van der Waals surface area contributed by atoms with Gasteiger partial charge in [0.05, 0.1) is 12.7 Å². The van der Waals surface area contributed by atoms with Crippen molar-refractivity contribution in [2.75, 3.05) is 26.8 Å². The Morgan fingerprint density at radius 3 is 2.65 bits per heavy atom. The van der Waals surface area contributed by atoms with Gasteiger partial charge in [-0.15, -0.1) is 0 Å². The van der Waals surface area contributed by atoms with Crippen molar-refractivity contribution in [1.29, 1.82) is 0 Å². The highest BCUT2D eigenvalue weighted by Gasteiger charge is 2.32. The lowest BCUT2D eigenvalue weighted by molar-refractivity contribution is 0.0157. The van der Waals surface area contributed by atoms with Crippen LogP contribution in [0.1, 0.15) is 27.3 Å². The van der Waals surface area contributed by atoms with E-state index in [0.29, 0.717) is 19.5 Å². The molecule has 122 valence electrons. The number of hydrazine groups is 1. The molecule has 1 aromatic heterocycles. The fourth-order valence-corrected chi connectivity index (χ4v) is 2.11. The minimum absolute atomic E-state index is 0.0729. The van der Waals surface area contributed by atoms with Gasteiger partial charge >= 0.3 is 12.1 Å². The average molecular weight is 319 g/mol. The molecule has 1 aliphatic heterocycles. The molecule has 0 unspecified atom stereocenters. The number of amides is 2. The van der Waals surface area contributed by atoms with Crippen LogP contribution in [0.5, 0.6) is 0 Å². The summed E-state index contributed by atoms with van der Waals surface area (Å²) in [6.07, 6.45) is 2.75. The summed E-state index contributed by atoms with van der Waals surface area (Å²) in [6, 6.07) is 2.86. The van der Waals surface area contributed by atoms with E-state index in [1.165, 1.54) is 41.5 Å². The Bertz CT molecular complexity index is 614. The minimum Gasteiger partial charge on any atom is -0.465 e. The topological polar surface area (TPSA) is 89.0 Å². The number of methoxy groups -OCH3 is 1. The molecule has 23 heavy (non-hydrogen) atoms. The van der Waals surface area contributed by atoms with Crippen LogP contribution in [0.3, 0.4) is 0 Å². The lowest BCUT2D eigenvalue weighted by Crippen LogP contribution is -2.45. The number of rotatable bonds is 4. The van der Waals surface area contributed by atoms with Crippen molar-refractivity contribution in [1.82, 2.24) is 15.0 Å². The van der Waals surface area contributed by atoms with Crippen LogP contribution < -0.4 is 0 Å². The number of esters is 1. The van der Waals surface area contributed by atoms with Crippen molar-refractivity contribution < 1.29 is 23.9 Å². The second-order valence-electron chi connectivity index (χ2n) is 4.69. The molecule has 0 spiro atoms. The number of carbonyl (C=O) groups is 3. The first kappa shape index (κ1) is 16.5. The maximum absolute atomic E-state index is 12.5. The van der Waals surface area contributed by atoms with E-state index < -0.39 is 18.0 Å². The van der Waals surface area contributed by atoms with Crippen LogP contribution in [0, 0.1) is 0 Å². The van der Waals surface area contributed by atoms with Crippen LogP contribution in [-0.4, -0.2) is 59.8 Å². The zero-order valence-electron chi connectivity index (χ0n) is 12.7. The molecule has 1 saturated heterocycles. The van der Waals surface area contributed by atoms with Gasteiger partial charge in [-0.05, 0) is 18.6 Å². The van der Waals surface area contributed by atoms with Gasteiger partial charge in [-0.25, -0.2) is 19.6 Å². The number of hydrogen-bond acceptors (Lipinski definition) is 6. The SMILES string of the molecule is C=CCOC(=O)N1CCCN1C(=O)c1ccc(C(=O)OC)cn1. The Morgan fingerprint density at radius 2 is 2.04 bits per heavy atom. The lowest BCUT2D eigenvalue weighted by atomic mass is 10.2. The van der Waals surface area contributed by atoms with Crippen molar-refractivity contribution in [2.24, 2.45) is 0 Å². The Balaban J connectivity index is 2.10. The standard InChI is InChI=1S/C15H17N3O5/c1-3-9-23-15(21)18-8-4-7-17(18)13(19)12-6-5-11(10-16-12)14(20)22-2/h3,5-6,10H,1,4,7-9H2,2H3. The summed E-state index contributed by atoms with van der Waals surface area (Å²) in [4.78, 5) is 39.7. The molecule has 1 fully saturated rings. The molecule has 0 N–H and O–H groups in total. The Morgan fingerprint density at radius 1 is 1.30 bits per heavy atom. The molecule has 0 bridgehead atoms. The van der Waals surface area contributed by atoms with Crippen LogP contribution in [0.15, 0.2) is 31.0 Å².